The first-order chi connectivity index (χ1) is 11.0. The van der Waals surface area contributed by atoms with Crippen LogP contribution >= 0.6 is 0 Å². The molecule has 1 fully saturated rings. The fourth-order valence-electron chi connectivity index (χ4n) is 2.49. The lowest BCUT2D eigenvalue weighted by Gasteiger charge is -2.32. The van der Waals surface area contributed by atoms with E-state index in [4.69, 9.17) is 24.5 Å². The van der Waals surface area contributed by atoms with Crippen LogP contribution in [0.4, 0.5) is 5.69 Å². The Labute approximate surface area is 141 Å². The zero-order valence-electron chi connectivity index (χ0n) is 14.8. The van der Waals surface area contributed by atoms with Crippen molar-refractivity contribution in [1.29, 1.82) is 0 Å². The number of methoxy groups -OCH3 is 2. The molecule has 1 heterocycles. The molecule has 1 aromatic rings. The van der Waals surface area contributed by atoms with E-state index >= 15 is 0 Å². The highest BCUT2D eigenvalue weighted by atomic mass is 16.7. The Bertz CT molecular complexity index is 633. The van der Waals surface area contributed by atoms with Crippen LogP contribution in [-0.2, 0) is 9.31 Å². The molecule has 0 aromatic heterocycles. The lowest BCUT2D eigenvalue weighted by atomic mass is 9.74. The van der Waals surface area contributed by atoms with Crippen molar-refractivity contribution in [3.05, 3.63) is 27.8 Å². The monoisotopic (exact) mass is 338 g/mol. The van der Waals surface area contributed by atoms with Crippen LogP contribution in [0.25, 0.3) is 0 Å². The van der Waals surface area contributed by atoms with Crippen LogP contribution in [0.3, 0.4) is 0 Å². The van der Waals surface area contributed by atoms with Crippen LogP contribution in [0, 0.1) is 10.1 Å². The molecule has 1 saturated heterocycles. The van der Waals surface area contributed by atoms with Gasteiger partial charge in [-0.05, 0) is 33.8 Å². The summed E-state index contributed by atoms with van der Waals surface area (Å²) in [5.41, 5.74) is 5.17. The SMILES string of the molecule is COc1cc([C@H](N)B2OC(C)(C)C(C)(C)O2)c([N+](=O)[O-])cc1OC. The van der Waals surface area contributed by atoms with Crippen LogP contribution in [-0.4, -0.2) is 37.5 Å². The third-order valence-corrected chi connectivity index (χ3v) is 4.65. The molecule has 0 saturated carbocycles. The predicted octanol–water partition coefficient (Wildman–Crippen LogP) is 2.24. The number of benzene rings is 1. The molecule has 9 heteroatoms. The molecule has 0 amide bonds. The minimum Gasteiger partial charge on any atom is -0.493 e. The summed E-state index contributed by atoms with van der Waals surface area (Å²) in [6, 6.07) is 2.78. The van der Waals surface area contributed by atoms with Crippen LogP contribution < -0.4 is 15.2 Å². The molecule has 8 nitrogen and oxygen atoms in total. The summed E-state index contributed by atoms with van der Waals surface area (Å²) >= 11 is 0. The number of ether oxygens (including phenoxy) is 2. The average Bonchev–Trinajstić information content (AvgIpc) is 2.73. The van der Waals surface area contributed by atoms with Gasteiger partial charge in [-0.25, -0.2) is 0 Å². The van der Waals surface area contributed by atoms with E-state index in [-0.39, 0.29) is 17.0 Å². The Balaban J connectivity index is 2.46. The van der Waals surface area contributed by atoms with Crippen molar-refractivity contribution in [3.63, 3.8) is 0 Å². The van der Waals surface area contributed by atoms with Crippen LogP contribution in [0.5, 0.6) is 11.5 Å². The second kappa shape index (κ2) is 6.23. The molecule has 0 spiro atoms. The predicted molar refractivity (Wildman–Crippen MR) is 89.2 cm³/mol. The summed E-state index contributed by atoms with van der Waals surface area (Å²) in [6.07, 6.45) is 0. The minimum atomic E-state index is -0.855. The highest BCUT2D eigenvalue weighted by Gasteiger charge is 2.54. The second-order valence-corrected chi connectivity index (χ2v) is 6.67. The lowest BCUT2D eigenvalue weighted by Crippen LogP contribution is -2.41. The molecule has 1 atom stereocenters. The first kappa shape index (κ1) is 18.5. The first-order valence-corrected chi connectivity index (χ1v) is 7.55. The van der Waals surface area contributed by atoms with E-state index in [0.717, 1.165) is 0 Å². The summed E-state index contributed by atoms with van der Waals surface area (Å²) in [5, 5.41) is 11.4. The first-order valence-electron chi connectivity index (χ1n) is 7.55. The number of nitrogens with zero attached hydrogens (tertiary/aromatic N) is 1. The van der Waals surface area contributed by atoms with Crippen LogP contribution in [0.15, 0.2) is 12.1 Å². The Morgan fingerprint density at radius 3 is 2.00 bits per heavy atom. The quantitative estimate of drug-likeness (QED) is 0.498. The molecule has 1 aliphatic heterocycles. The van der Waals surface area contributed by atoms with Gasteiger partial charge in [0, 0.05) is 5.56 Å². The van der Waals surface area contributed by atoms with E-state index in [9.17, 15) is 10.1 Å². The van der Waals surface area contributed by atoms with Gasteiger partial charge >= 0.3 is 7.12 Å². The molecule has 2 rings (SSSR count). The third-order valence-electron chi connectivity index (χ3n) is 4.65. The maximum atomic E-state index is 11.4. The van der Waals surface area contributed by atoms with E-state index in [1.165, 1.54) is 26.4 Å². The summed E-state index contributed by atoms with van der Waals surface area (Å²) in [5.74, 6) is -0.245. The summed E-state index contributed by atoms with van der Waals surface area (Å²) in [7, 11) is 2.05. The Morgan fingerprint density at radius 2 is 1.58 bits per heavy atom. The molecule has 0 unspecified atom stereocenters. The number of nitro benzene ring substituents is 1. The minimum absolute atomic E-state index is 0.171. The molecule has 132 valence electrons. The molecule has 2 N–H and O–H groups in total. The Morgan fingerprint density at radius 1 is 1.12 bits per heavy atom. The van der Waals surface area contributed by atoms with E-state index in [1.807, 2.05) is 27.7 Å². The van der Waals surface area contributed by atoms with Gasteiger partial charge in [-0.3, -0.25) is 10.1 Å². The van der Waals surface area contributed by atoms with E-state index in [0.29, 0.717) is 5.75 Å². The van der Waals surface area contributed by atoms with Crippen molar-refractivity contribution in [3.8, 4) is 11.5 Å². The molecule has 1 aromatic carbocycles. The van der Waals surface area contributed by atoms with Crippen molar-refractivity contribution in [2.45, 2.75) is 44.8 Å². The molecule has 1 aliphatic rings. The topological polar surface area (TPSA) is 106 Å². The van der Waals surface area contributed by atoms with Gasteiger partial charge < -0.3 is 24.5 Å². The van der Waals surface area contributed by atoms with Crippen LogP contribution in [0.2, 0.25) is 0 Å². The van der Waals surface area contributed by atoms with E-state index in [2.05, 4.69) is 0 Å². The van der Waals surface area contributed by atoms with Crippen molar-refractivity contribution < 1.29 is 23.7 Å². The molecule has 24 heavy (non-hydrogen) atoms. The Hall–Kier alpha value is -1.84. The molecular formula is C15H23BN2O6. The fraction of sp³-hybridized carbons (Fsp3) is 0.600. The average molecular weight is 338 g/mol. The number of hydrogen-bond donors (Lipinski definition) is 1. The highest BCUT2D eigenvalue weighted by molar-refractivity contribution is 6.47. The normalized spacial score (nSPS) is 19.9. The third kappa shape index (κ3) is 3.06. The number of hydrogen-bond acceptors (Lipinski definition) is 7. The summed E-state index contributed by atoms with van der Waals surface area (Å²) < 4.78 is 22.1. The lowest BCUT2D eigenvalue weighted by molar-refractivity contribution is -0.385. The maximum Gasteiger partial charge on any atom is 0.480 e. The largest absolute Gasteiger partial charge is 0.493 e. The van der Waals surface area contributed by atoms with Gasteiger partial charge in [0.1, 0.15) is 0 Å². The molecule has 0 bridgehead atoms. The second-order valence-electron chi connectivity index (χ2n) is 6.67. The van der Waals surface area contributed by atoms with Crippen molar-refractivity contribution in [2.24, 2.45) is 5.73 Å². The summed E-state index contributed by atoms with van der Waals surface area (Å²) in [6.45, 7) is 7.57. The highest BCUT2D eigenvalue weighted by Crippen LogP contribution is 2.43. The van der Waals surface area contributed by atoms with Gasteiger partial charge in [-0.1, -0.05) is 0 Å². The van der Waals surface area contributed by atoms with Crippen molar-refractivity contribution in [1.82, 2.24) is 0 Å². The maximum absolute atomic E-state index is 11.4. The van der Waals surface area contributed by atoms with Gasteiger partial charge in [0.25, 0.3) is 5.69 Å². The van der Waals surface area contributed by atoms with Gasteiger partial charge in [-0.15, -0.1) is 0 Å². The Kier molecular flexibility index (Phi) is 4.80. The smallest absolute Gasteiger partial charge is 0.480 e. The number of nitro groups is 1. The number of rotatable bonds is 5. The summed E-state index contributed by atoms with van der Waals surface area (Å²) in [4.78, 5) is 10.9. The van der Waals surface area contributed by atoms with Gasteiger partial charge in [0.2, 0.25) is 0 Å². The zero-order valence-corrected chi connectivity index (χ0v) is 14.8. The van der Waals surface area contributed by atoms with Crippen LogP contribution in [0.1, 0.15) is 39.2 Å². The van der Waals surface area contributed by atoms with Gasteiger partial charge in [0.05, 0.1) is 42.4 Å². The number of nitrogens with two attached hydrogens (primary N) is 1. The van der Waals surface area contributed by atoms with E-state index in [1.54, 1.807) is 0 Å². The van der Waals surface area contributed by atoms with Crippen molar-refractivity contribution >= 4 is 12.8 Å². The standard InChI is InChI=1S/C15H23BN2O6/c1-14(2)15(3,4)24-16(23-14)13(17)9-7-11(21-5)12(22-6)8-10(9)18(19)20/h7-8,13H,17H2,1-6H3/t13-/m0/s1. The molecule has 0 aliphatic carbocycles. The van der Waals surface area contributed by atoms with E-state index < -0.39 is 29.2 Å². The van der Waals surface area contributed by atoms with Gasteiger partial charge in [0.15, 0.2) is 11.5 Å². The fourth-order valence-corrected chi connectivity index (χ4v) is 2.49. The molecule has 0 radical (unpaired) electrons. The zero-order chi connectivity index (χ0) is 18.3. The van der Waals surface area contributed by atoms with Crippen molar-refractivity contribution in [2.75, 3.05) is 14.2 Å². The molecular weight excluding hydrogens is 315 g/mol. The van der Waals surface area contributed by atoms with Gasteiger partial charge in [-0.2, -0.15) is 0 Å².